The number of aromatic hydroxyl groups is 1. The van der Waals surface area contributed by atoms with Crippen LogP contribution in [0, 0.1) is 0 Å². The number of aromatic amines is 1. The number of imidazole rings is 1. The highest BCUT2D eigenvalue weighted by molar-refractivity contribution is 7.18. The zero-order chi connectivity index (χ0) is 26.3. The Labute approximate surface area is 229 Å². The van der Waals surface area contributed by atoms with Crippen LogP contribution in [0.2, 0.25) is 5.02 Å². The van der Waals surface area contributed by atoms with Gasteiger partial charge in [0.25, 0.3) is 5.88 Å². The second kappa shape index (κ2) is 9.39. The van der Waals surface area contributed by atoms with Crippen LogP contribution < -0.4 is 4.74 Å². The molecule has 0 saturated carbocycles. The van der Waals surface area contributed by atoms with E-state index in [-0.39, 0.29) is 11.8 Å². The van der Waals surface area contributed by atoms with Crippen molar-refractivity contribution in [2.75, 3.05) is 0 Å². The van der Waals surface area contributed by atoms with Gasteiger partial charge < -0.3 is 14.8 Å². The van der Waals surface area contributed by atoms with E-state index in [1.165, 1.54) is 17.7 Å². The zero-order valence-electron chi connectivity index (χ0n) is 19.8. The molecule has 0 amide bonds. The van der Waals surface area contributed by atoms with Crippen LogP contribution in [0.3, 0.4) is 0 Å². The summed E-state index contributed by atoms with van der Waals surface area (Å²) in [5.74, 6) is 1.33. The Bertz CT molecular complexity index is 1980. The van der Waals surface area contributed by atoms with Crippen molar-refractivity contribution in [3.8, 4) is 51.7 Å². The third kappa shape index (κ3) is 4.19. The number of ether oxygens (including phenoxy) is 1. The minimum atomic E-state index is -0.121. The van der Waals surface area contributed by atoms with Gasteiger partial charge in [-0.3, -0.25) is 9.97 Å². The second-order valence-electron chi connectivity index (χ2n) is 8.32. The first-order valence-electron chi connectivity index (χ1n) is 11.6. The summed E-state index contributed by atoms with van der Waals surface area (Å²) < 4.78 is 6.77. The van der Waals surface area contributed by atoms with Crippen molar-refractivity contribution in [1.82, 2.24) is 39.9 Å². The summed E-state index contributed by atoms with van der Waals surface area (Å²) in [6.07, 6.45) is 4.85. The van der Waals surface area contributed by atoms with E-state index in [2.05, 4.69) is 34.9 Å². The Morgan fingerprint density at radius 2 is 1.56 bits per heavy atom. The largest absolute Gasteiger partial charge is 0.492 e. The number of halogens is 1. The molecule has 0 bridgehead atoms. The summed E-state index contributed by atoms with van der Waals surface area (Å²) in [5.41, 5.74) is 4.10. The normalized spacial score (nSPS) is 11.3. The highest BCUT2D eigenvalue weighted by atomic mass is 35.5. The zero-order valence-corrected chi connectivity index (χ0v) is 21.4. The van der Waals surface area contributed by atoms with Crippen molar-refractivity contribution in [2.45, 2.75) is 0 Å². The van der Waals surface area contributed by atoms with Crippen LogP contribution in [0.1, 0.15) is 0 Å². The van der Waals surface area contributed by atoms with E-state index in [1.54, 1.807) is 42.7 Å². The predicted molar refractivity (Wildman–Crippen MR) is 148 cm³/mol. The fourth-order valence-corrected chi connectivity index (χ4v) is 5.19. The number of rotatable bonds is 5. The quantitative estimate of drug-likeness (QED) is 0.253. The van der Waals surface area contributed by atoms with Gasteiger partial charge in [0, 0.05) is 33.9 Å². The van der Waals surface area contributed by atoms with E-state index in [9.17, 15) is 5.11 Å². The van der Waals surface area contributed by atoms with Gasteiger partial charge in [0.2, 0.25) is 5.88 Å². The van der Waals surface area contributed by atoms with Gasteiger partial charge in [-0.15, -0.1) is 11.3 Å². The molecular weight excluding hydrogens is 536 g/mol. The van der Waals surface area contributed by atoms with E-state index in [0.717, 1.165) is 5.56 Å². The molecule has 0 aliphatic rings. The first-order valence-corrected chi connectivity index (χ1v) is 12.9. The highest BCUT2D eigenvalue weighted by Crippen LogP contribution is 2.42. The van der Waals surface area contributed by atoms with Gasteiger partial charge in [-0.2, -0.15) is 9.97 Å². The van der Waals surface area contributed by atoms with Crippen LogP contribution in [0.25, 0.3) is 55.5 Å². The minimum absolute atomic E-state index is 0.121. The molecule has 0 atom stereocenters. The number of hydrogen-bond acceptors (Lipinski definition) is 10. The van der Waals surface area contributed by atoms with E-state index in [0.29, 0.717) is 60.8 Å². The summed E-state index contributed by atoms with van der Waals surface area (Å²) in [5, 5.41) is 13.0. The predicted octanol–water partition coefficient (Wildman–Crippen LogP) is 6.30. The number of hydrogen-bond donors (Lipinski definition) is 2. The number of thiophene rings is 1. The van der Waals surface area contributed by atoms with Gasteiger partial charge in [0.15, 0.2) is 22.8 Å². The van der Waals surface area contributed by atoms with Gasteiger partial charge in [0.1, 0.15) is 21.8 Å². The molecule has 6 heterocycles. The molecule has 0 spiro atoms. The van der Waals surface area contributed by atoms with Crippen LogP contribution in [-0.4, -0.2) is 45.0 Å². The number of nitrogens with one attached hydrogen (secondary N) is 1. The topological polar surface area (TPSA) is 135 Å². The number of pyridine rings is 2. The molecule has 2 N–H and O–H groups in total. The maximum atomic E-state index is 10.6. The lowest BCUT2D eigenvalue weighted by molar-refractivity contribution is 0.461. The second-order valence-corrected chi connectivity index (χ2v) is 9.61. The average molecular weight is 551 g/mol. The summed E-state index contributed by atoms with van der Waals surface area (Å²) >= 11 is 7.97. The molecule has 0 aliphatic carbocycles. The van der Waals surface area contributed by atoms with Crippen molar-refractivity contribution < 1.29 is 9.84 Å². The van der Waals surface area contributed by atoms with Gasteiger partial charge >= 0.3 is 0 Å². The van der Waals surface area contributed by atoms with Crippen molar-refractivity contribution in [1.29, 1.82) is 0 Å². The van der Waals surface area contributed by atoms with Crippen LogP contribution in [0.4, 0.5) is 0 Å². The standard InChI is InChI=1S/C27H15ClN8O2S/c28-17-8-7-14(38-27-21-25(32-13-31-21)34-24(36-27)19-6-2-4-10-30-19)11-15(17)16-12-39-22-20(16)33-23(35-26(22)37)18-5-1-3-9-29-18/h1-13H,(H,33,35,37)(H,31,32,34,36). The molecule has 0 fully saturated rings. The molecule has 12 heteroatoms. The monoisotopic (exact) mass is 550 g/mol. The maximum absolute atomic E-state index is 10.6. The molecule has 7 rings (SSSR count). The van der Waals surface area contributed by atoms with Crippen LogP contribution in [0.15, 0.2) is 78.7 Å². The molecule has 0 radical (unpaired) electrons. The molecule has 1 aromatic carbocycles. The first kappa shape index (κ1) is 23.1. The van der Waals surface area contributed by atoms with Crippen LogP contribution in [0.5, 0.6) is 17.5 Å². The van der Waals surface area contributed by atoms with Crippen molar-refractivity contribution in [3.63, 3.8) is 0 Å². The molecule has 0 aliphatic heterocycles. The molecule has 10 nitrogen and oxygen atoms in total. The van der Waals surface area contributed by atoms with E-state index < -0.39 is 0 Å². The first-order chi connectivity index (χ1) is 19.1. The van der Waals surface area contributed by atoms with Crippen molar-refractivity contribution in [3.05, 3.63) is 83.7 Å². The lowest BCUT2D eigenvalue weighted by Crippen LogP contribution is -1.97. The lowest BCUT2D eigenvalue weighted by atomic mass is 10.1. The van der Waals surface area contributed by atoms with Gasteiger partial charge in [-0.25, -0.2) is 15.0 Å². The summed E-state index contributed by atoms with van der Waals surface area (Å²) in [4.78, 5) is 34.1. The lowest BCUT2D eigenvalue weighted by Gasteiger charge is -2.10. The Hall–Kier alpha value is -5.00. The third-order valence-electron chi connectivity index (χ3n) is 5.87. The van der Waals surface area contributed by atoms with E-state index in [1.807, 2.05) is 29.6 Å². The molecule has 39 heavy (non-hydrogen) atoms. The highest BCUT2D eigenvalue weighted by Gasteiger charge is 2.19. The summed E-state index contributed by atoms with van der Waals surface area (Å²) in [7, 11) is 0. The molecule has 188 valence electrons. The van der Waals surface area contributed by atoms with E-state index in [4.69, 9.17) is 21.3 Å². The maximum Gasteiger partial charge on any atom is 0.251 e. The van der Waals surface area contributed by atoms with Crippen LogP contribution >= 0.6 is 22.9 Å². The Balaban J connectivity index is 1.32. The molecular formula is C27H15ClN8O2S. The van der Waals surface area contributed by atoms with Gasteiger partial charge in [-0.05, 0) is 42.5 Å². The smallest absolute Gasteiger partial charge is 0.251 e. The minimum Gasteiger partial charge on any atom is -0.492 e. The number of H-pyrrole nitrogens is 1. The average Bonchev–Trinajstić information content (AvgIpc) is 3.63. The number of benzene rings is 1. The number of aromatic nitrogens is 8. The third-order valence-corrected chi connectivity index (χ3v) is 7.17. The van der Waals surface area contributed by atoms with Crippen molar-refractivity contribution >= 4 is 44.3 Å². The van der Waals surface area contributed by atoms with Crippen molar-refractivity contribution in [2.24, 2.45) is 0 Å². The molecule has 7 aromatic rings. The van der Waals surface area contributed by atoms with E-state index >= 15 is 0 Å². The van der Waals surface area contributed by atoms with Gasteiger partial charge in [-0.1, -0.05) is 23.7 Å². The Morgan fingerprint density at radius 1 is 0.795 bits per heavy atom. The summed E-state index contributed by atoms with van der Waals surface area (Å²) in [6.45, 7) is 0. The summed E-state index contributed by atoms with van der Waals surface area (Å²) in [6, 6.07) is 16.2. The molecule has 0 saturated heterocycles. The SMILES string of the molecule is Oc1nc(-c2ccccn2)nc2c(-c3cc(Oc4nc(-c5ccccn5)nc5[nH]cnc45)ccc3Cl)csc12. The fraction of sp³-hybridized carbons (Fsp3) is 0. The molecule has 0 unspecified atom stereocenters. The Kier molecular flexibility index (Phi) is 5.57. The van der Waals surface area contributed by atoms with Crippen LogP contribution in [-0.2, 0) is 0 Å². The fourth-order valence-electron chi connectivity index (χ4n) is 4.08. The Morgan fingerprint density at radius 3 is 2.31 bits per heavy atom. The molecule has 6 aromatic heterocycles. The number of nitrogens with zero attached hydrogens (tertiary/aromatic N) is 7. The number of fused-ring (bicyclic) bond motifs is 2. The van der Waals surface area contributed by atoms with Gasteiger partial charge in [0.05, 0.1) is 11.8 Å².